The minimum atomic E-state index is -4.21. The van der Waals surface area contributed by atoms with Gasteiger partial charge >= 0.3 is 0 Å². The lowest BCUT2D eigenvalue weighted by molar-refractivity contribution is 0.575. The van der Waals surface area contributed by atoms with Gasteiger partial charge in [-0.15, -0.1) is 0 Å². The van der Waals surface area contributed by atoms with Crippen LogP contribution in [0, 0.1) is 11.6 Å². The number of hydrogen-bond acceptors (Lipinski definition) is 7. The Balaban J connectivity index is 1.54. The molecule has 0 aliphatic rings. The van der Waals surface area contributed by atoms with Gasteiger partial charge in [0.2, 0.25) is 5.89 Å². The van der Waals surface area contributed by atoms with E-state index < -0.39 is 21.7 Å². The van der Waals surface area contributed by atoms with Crippen LogP contribution in [0.2, 0.25) is 0 Å². The monoisotopic (exact) mass is 465 g/mol. The van der Waals surface area contributed by atoms with Gasteiger partial charge in [-0.2, -0.15) is 0 Å². The molecule has 0 fully saturated rings. The summed E-state index contributed by atoms with van der Waals surface area (Å²) in [6.07, 6.45) is 7.14. The van der Waals surface area contributed by atoms with Crippen molar-refractivity contribution < 1.29 is 21.6 Å². The van der Waals surface area contributed by atoms with Gasteiger partial charge in [-0.1, -0.05) is 0 Å². The molecule has 0 spiro atoms. The number of fused-ring (bicyclic) bond motifs is 1. The number of hydrogen-bond donors (Lipinski definition) is 1. The molecule has 0 amide bonds. The van der Waals surface area contributed by atoms with Crippen LogP contribution in [0.3, 0.4) is 0 Å². The highest BCUT2D eigenvalue weighted by Gasteiger charge is 2.19. The van der Waals surface area contributed by atoms with Gasteiger partial charge < -0.3 is 4.42 Å². The molecule has 0 saturated carbocycles. The molecule has 33 heavy (non-hydrogen) atoms. The van der Waals surface area contributed by atoms with E-state index in [1.165, 1.54) is 24.7 Å². The van der Waals surface area contributed by atoms with Crippen molar-refractivity contribution >= 4 is 26.7 Å². The second-order valence-corrected chi connectivity index (χ2v) is 8.58. The molecule has 164 valence electrons. The lowest BCUT2D eigenvalue weighted by Crippen LogP contribution is -2.14. The maximum Gasteiger partial charge on any atom is 0.263 e. The fourth-order valence-corrected chi connectivity index (χ4v) is 4.25. The molecule has 5 rings (SSSR count). The maximum absolute atomic E-state index is 13.9. The Morgan fingerprint density at radius 2 is 1.82 bits per heavy atom. The number of rotatable bonds is 5. The SMILES string of the molecule is O=S(=O)(Nc1ccc(F)cc1F)c1cncc(-c2ccc3nccc(-c4ncco4)c3n2)c1. The number of oxazole rings is 1. The van der Waals surface area contributed by atoms with Crippen LogP contribution in [0.4, 0.5) is 14.5 Å². The molecule has 0 bridgehead atoms. The second-order valence-electron chi connectivity index (χ2n) is 6.90. The highest BCUT2D eigenvalue weighted by atomic mass is 32.2. The summed E-state index contributed by atoms with van der Waals surface area (Å²) in [5.74, 6) is -1.49. The first-order valence-corrected chi connectivity index (χ1v) is 11.0. The van der Waals surface area contributed by atoms with Crippen molar-refractivity contribution in [1.82, 2.24) is 19.9 Å². The highest BCUT2D eigenvalue weighted by molar-refractivity contribution is 7.92. The Bertz CT molecular complexity index is 1590. The topological polar surface area (TPSA) is 111 Å². The van der Waals surface area contributed by atoms with E-state index in [1.807, 2.05) is 0 Å². The zero-order valence-corrected chi connectivity index (χ0v) is 17.4. The lowest BCUT2D eigenvalue weighted by atomic mass is 10.1. The third-order valence-electron chi connectivity index (χ3n) is 4.74. The van der Waals surface area contributed by atoms with E-state index in [9.17, 15) is 17.2 Å². The number of pyridine rings is 3. The first kappa shape index (κ1) is 20.6. The van der Waals surface area contributed by atoms with E-state index in [-0.39, 0.29) is 10.6 Å². The number of nitrogens with zero attached hydrogens (tertiary/aromatic N) is 4. The summed E-state index contributed by atoms with van der Waals surface area (Å²) < 4.78 is 60.1. The molecule has 0 aliphatic carbocycles. The van der Waals surface area contributed by atoms with Gasteiger partial charge in [-0.25, -0.2) is 27.2 Å². The van der Waals surface area contributed by atoms with Crippen LogP contribution in [0.15, 0.2) is 82.8 Å². The summed E-state index contributed by atoms with van der Waals surface area (Å²) in [4.78, 5) is 16.8. The third kappa shape index (κ3) is 4.01. The van der Waals surface area contributed by atoms with E-state index in [2.05, 4.69) is 24.7 Å². The number of sulfonamides is 1. The molecule has 4 aromatic heterocycles. The van der Waals surface area contributed by atoms with Crippen LogP contribution >= 0.6 is 0 Å². The number of nitrogens with one attached hydrogen (secondary N) is 1. The van der Waals surface area contributed by atoms with Crippen LogP contribution in [0.1, 0.15) is 0 Å². The molecule has 0 unspecified atom stereocenters. The zero-order valence-electron chi connectivity index (χ0n) is 16.6. The summed E-state index contributed by atoms with van der Waals surface area (Å²) >= 11 is 0. The molecule has 1 N–H and O–H groups in total. The molecule has 0 aliphatic heterocycles. The van der Waals surface area contributed by atoms with Gasteiger partial charge in [0.1, 0.15) is 28.3 Å². The van der Waals surface area contributed by atoms with E-state index in [4.69, 9.17) is 4.42 Å². The van der Waals surface area contributed by atoms with Crippen LogP contribution in [0.5, 0.6) is 0 Å². The van der Waals surface area contributed by atoms with Gasteiger partial charge in [0.05, 0.1) is 28.7 Å². The van der Waals surface area contributed by atoms with Crippen LogP contribution in [0.25, 0.3) is 33.7 Å². The van der Waals surface area contributed by atoms with Crippen molar-refractivity contribution in [2.24, 2.45) is 0 Å². The largest absolute Gasteiger partial charge is 0.444 e. The zero-order chi connectivity index (χ0) is 23.0. The predicted molar refractivity (Wildman–Crippen MR) is 115 cm³/mol. The average Bonchev–Trinajstić information content (AvgIpc) is 3.35. The maximum atomic E-state index is 13.9. The molecule has 1 aromatic carbocycles. The first-order chi connectivity index (χ1) is 15.9. The molecule has 4 heterocycles. The average molecular weight is 465 g/mol. The van der Waals surface area contributed by atoms with E-state index in [0.717, 1.165) is 18.3 Å². The summed E-state index contributed by atoms with van der Waals surface area (Å²) in [5, 5.41) is 0. The van der Waals surface area contributed by atoms with Crippen LogP contribution < -0.4 is 4.72 Å². The Kier molecular flexibility index (Phi) is 5.02. The molecule has 11 heteroatoms. The molecule has 0 radical (unpaired) electrons. The molecule has 0 saturated heterocycles. The quantitative estimate of drug-likeness (QED) is 0.409. The second kappa shape index (κ2) is 8.02. The highest BCUT2D eigenvalue weighted by Crippen LogP contribution is 2.28. The van der Waals surface area contributed by atoms with Crippen molar-refractivity contribution in [3.05, 3.63) is 85.1 Å². The van der Waals surface area contributed by atoms with Crippen LogP contribution in [-0.4, -0.2) is 28.4 Å². The first-order valence-electron chi connectivity index (χ1n) is 9.50. The third-order valence-corrected chi connectivity index (χ3v) is 6.07. The van der Waals surface area contributed by atoms with E-state index >= 15 is 0 Å². The van der Waals surface area contributed by atoms with Gasteiger partial charge in [0.15, 0.2) is 0 Å². The molecular formula is C22H13F2N5O3S. The Labute approximate surface area is 186 Å². The molecule has 0 atom stereocenters. The fraction of sp³-hybridized carbons (Fsp3) is 0. The minimum Gasteiger partial charge on any atom is -0.444 e. The van der Waals surface area contributed by atoms with Gasteiger partial charge in [-0.05, 0) is 36.4 Å². The van der Waals surface area contributed by atoms with Crippen molar-refractivity contribution in [3.8, 4) is 22.7 Å². The molecular weight excluding hydrogens is 452 g/mol. The Morgan fingerprint density at radius 1 is 0.939 bits per heavy atom. The summed E-state index contributed by atoms with van der Waals surface area (Å²) in [6, 6.07) is 9.02. The van der Waals surface area contributed by atoms with E-state index in [1.54, 1.807) is 24.4 Å². The van der Waals surface area contributed by atoms with Gasteiger partial charge in [0, 0.05) is 30.2 Å². The minimum absolute atomic E-state index is 0.218. The Hall–Kier alpha value is -4.25. The number of benzene rings is 1. The summed E-state index contributed by atoms with van der Waals surface area (Å²) in [6.45, 7) is 0. The smallest absolute Gasteiger partial charge is 0.263 e. The number of anilines is 1. The lowest BCUT2D eigenvalue weighted by Gasteiger charge is -2.10. The molecule has 5 aromatic rings. The normalized spacial score (nSPS) is 11.6. The van der Waals surface area contributed by atoms with Gasteiger partial charge in [0.25, 0.3) is 10.0 Å². The van der Waals surface area contributed by atoms with E-state index in [0.29, 0.717) is 39.8 Å². The molecule has 8 nitrogen and oxygen atoms in total. The predicted octanol–water partition coefficient (Wildman–Crippen LogP) is 4.43. The van der Waals surface area contributed by atoms with Gasteiger partial charge in [-0.3, -0.25) is 14.7 Å². The summed E-state index contributed by atoms with van der Waals surface area (Å²) in [5.41, 5.74) is 2.18. The number of halogens is 2. The fourth-order valence-electron chi connectivity index (χ4n) is 3.20. The van der Waals surface area contributed by atoms with Crippen LogP contribution in [-0.2, 0) is 10.0 Å². The standard InChI is InChI=1S/C22H13F2N5O3S/c23-14-1-2-19(17(24)10-14)29-33(30,31)15-9-13(11-25-12-15)18-3-4-20-21(28-18)16(5-6-26-20)22-27-7-8-32-22/h1-12,29H. The van der Waals surface area contributed by atoms with Crippen molar-refractivity contribution in [2.75, 3.05) is 4.72 Å². The van der Waals surface area contributed by atoms with Crippen molar-refractivity contribution in [3.63, 3.8) is 0 Å². The summed E-state index contributed by atoms with van der Waals surface area (Å²) in [7, 11) is -4.21. The number of aromatic nitrogens is 4. The van der Waals surface area contributed by atoms with Crippen molar-refractivity contribution in [2.45, 2.75) is 4.90 Å². The van der Waals surface area contributed by atoms with Crippen molar-refractivity contribution in [1.29, 1.82) is 0 Å². The Morgan fingerprint density at radius 3 is 2.61 bits per heavy atom.